The molecule has 8 heteroatoms. The molecule has 0 aliphatic carbocycles. The molecule has 4 aromatic rings. The van der Waals surface area contributed by atoms with Gasteiger partial charge < -0.3 is 10.6 Å². The van der Waals surface area contributed by atoms with E-state index in [0.717, 1.165) is 49.0 Å². The van der Waals surface area contributed by atoms with Gasteiger partial charge in [0.15, 0.2) is 0 Å². The van der Waals surface area contributed by atoms with Gasteiger partial charge >= 0.3 is 0 Å². The van der Waals surface area contributed by atoms with Crippen LogP contribution in [0.25, 0.3) is 26.0 Å². The Kier molecular flexibility index (Phi) is 8.38. The lowest BCUT2D eigenvalue weighted by atomic mass is 10.2. The Morgan fingerprint density at radius 2 is 1.27 bits per heavy atom. The monoisotopic (exact) mass is 472 g/mol. The van der Waals surface area contributed by atoms with Crippen LogP contribution in [0.3, 0.4) is 0 Å². The van der Waals surface area contributed by atoms with Crippen molar-refractivity contribution in [1.29, 1.82) is 0 Å². The van der Waals surface area contributed by atoms with Crippen LogP contribution in [0.2, 0.25) is 10.0 Å². The Bertz CT molecular complexity index is 1110. The summed E-state index contributed by atoms with van der Waals surface area (Å²) in [5.41, 5.74) is 9.52. The maximum atomic E-state index is 6.75. The first kappa shape index (κ1) is 22.4. The summed E-state index contributed by atoms with van der Waals surface area (Å²) in [7, 11) is 0. The summed E-state index contributed by atoms with van der Waals surface area (Å²) < 4.78 is 0. The van der Waals surface area contributed by atoms with E-state index in [1.165, 1.54) is 0 Å². The highest BCUT2D eigenvalue weighted by atomic mass is 35.5. The van der Waals surface area contributed by atoms with E-state index in [1.807, 2.05) is 53.9 Å². The molecule has 0 saturated carbocycles. The number of hydrogen-bond acceptors (Lipinski definition) is 5. The minimum absolute atomic E-state index is 0.351. The second-order valence-electron chi connectivity index (χ2n) is 6.16. The number of nitrogens with zero attached hydrogens (tertiary/aromatic N) is 3. The summed E-state index contributed by atoms with van der Waals surface area (Å²) in [4.78, 5) is 12.2. The molecule has 2 N–H and O–H groups in total. The lowest BCUT2D eigenvalue weighted by Gasteiger charge is -1.95. The van der Waals surface area contributed by atoms with Crippen molar-refractivity contribution >= 4 is 45.9 Å². The van der Waals surface area contributed by atoms with Crippen LogP contribution in [0, 0.1) is 6.57 Å². The number of thiazole rings is 2. The van der Waals surface area contributed by atoms with Gasteiger partial charge in [0.25, 0.3) is 6.54 Å². The molecule has 0 aliphatic rings. The van der Waals surface area contributed by atoms with E-state index in [9.17, 15) is 0 Å². The van der Waals surface area contributed by atoms with Gasteiger partial charge in [-0.15, -0.1) is 22.7 Å². The summed E-state index contributed by atoms with van der Waals surface area (Å²) in [6, 6.07) is 15.3. The fourth-order valence-corrected chi connectivity index (χ4v) is 4.41. The molecule has 0 aliphatic heterocycles. The molecule has 0 atom stereocenters. The summed E-state index contributed by atoms with van der Waals surface area (Å²) in [5.74, 6) is 0. The minimum Gasteiger partial charge on any atom is -0.330 e. The van der Waals surface area contributed by atoms with Crippen LogP contribution in [0.15, 0.2) is 59.3 Å². The van der Waals surface area contributed by atoms with Crippen LogP contribution in [0.4, 0.5) is 0 Å². The Hall–Kier alpha value is -2.27. The Morgan fingerprint density at radius 1 is 0.800 bits per heavy atom. The third-order valence-electron chi connectivity index (χ3n) is 3.93. The van der Waals surface area contributed by atoms with E-state index in [0.29, 0.717) is 13.1 Å². The fourth-order valence-electron chi connectivity index (χ4n) is 2.48. The Labute approximate surface area is 193 Å². The fraction of sp³-hybridized carbons (Fsp3) is 0.136. The Balaban J connectivity index is 0.000000171. The third kappa shape index (κ3) is 6.36. The van der Waals surface area contributed by atoms with Gasteiger partial charge in [-0.2, -0.15) is 0 Å². The largest absolute Gasteiger partial charge is 0.330 e. The summed E-state index contributed by atoms with van der Waals surface area (Å²) in [5, 5.41) is 7.40. The molecule has 30 heavy (non-hydrogen) atoms. The zero-order valence-electron chi connectivity index (χ0n) is 15.9. The highest BCUT2D eigenvalue weighted by Crippen LogP contribution is 2.26. The average Bonchev–Trinajstić information content (AvgIpc) is 3.40. The van der Waals surface area contributed by atoms with E-state index >= 15 is 0 Å². The standard InChI is InChI=1S/C11H7ClN2S.C11H11ClN2S/c1-13-6-10-7-15-11(14-10)8-2-4-9(12)5-3-8;12-9-3-1-8(2-4-9)11-14-10(5-6-13)7-15-11/h2-5,7H,6H2;1-4,7H,5-6,13H2. The van der Waals surface area contributed by atoms with Gasteiger partial charge in [0.1, 0.15) is 15.7 Å². The highest BCUT2D eigenvalue weighted by molar-refractivity contribution is 7.13. The summed E-state index contributed by atoms with van der Waals surface area (Å²) >= 11 is 14.8. The lowest BCUT2D eigenvalue weighted by molar-refractivity contribution is 0.936. The van der Waals surface area contributed by atoms with Crippen molar-refractivity contribution in [2.45, 2.75) is 13.0 Å². The third-order valence-corrected chi connectivity index (χ3v) is 6.31. The van der Waals surface area contributed by atoms with Crippen molar-refractivity contribution in [3.05, 3.63) is 92.1 Å². The van der Waals surface area contributed by atoms with Gasteiger partial charge in [-0.25, -0.2) is 16.5 Å². The van der Waals surface area contributed by atoms with Crippen LogP contribution >= 0.6 is 45.9 Å². The second-order valence-corrected chi connectivity index (χ2v) is 8.75. The van der Waals surface area contributed by atoms with E-state index < -0.39 is 0 Å². The molecule has 0 bridgehead atoms. The molecule has 2 aromatic carbocycles. The molecule has 4 rings (SSSR count). The van der Waals surface area contributed by atoms with Crippen LogP contribution in [-0.2, 0) is 13.0 Å². The molecule has 0 amide bonds. The predicted octanol–water partition coefficient (Wildman–Crippen LogP) is 6.85. The highest BCUT2D eigenvalue weighted by Gasteiger charge is 2.06. The van der Waals surface area contributed by atoms with Gasteiger partial charge in [-0.3, -0.25) is 0 Å². The van der Waals surface area contributed by atoms with E-state index in [1.54, 1.807) is 22.7 Å². The first-order valence-electron chi connectivity index (χ1n) is 9.03. The molecule has 0 fully saturated rings. The number of rotatable bonds is 5. The molecule has 2 heterocycles. The lowest BCUT2D eigenvalue weighted by Crippen LogP contribution is -2.02. The maximum Gasteiger partial charge on any atom is 0.257 e. The summed E-state index contributed by atoms with van der Waals surface area (Å²) in [6.45, 7) is 7.75. The smallest absolute Gasteiger partial charge is 0.257 e. The maximum absolute atomic E-state index is 6.75. The molecule has 2 aromatic heterocycles. The van der Waals surface area contributed by atoms with Gasteiger partial charge in [-0.05, 0) is 30.8 Å². The van der Waals surface area contributed by atoms with Crippen molar-refractivity contribution in [3.63, 3.8) is 0 Å². The molecule has 0 unspecified atom stereocenters. The number of aromatic nitrogens is 2. The number of nitrogens with two attached hydrogens (primary N) is 1. The first-order valence-corrected chi connectivity index (χ1v) is 11.5. The van der Waals surface area contributed by atoms with Crippen LogP contribution < -0.4 is 5.73 Å². The number of halogens is 2. The van der Waals surface area contributed by atoms with Crippen molar-refractivity contribution in [2.75, 3.05) is 6.54 Å². The SMILES string of the molecule is NCCc1csc(-c2ccc(Cl)cc2)n1.[C-]#[N+]Cc1csc(-c2ccc(Cl)cc2)n1. The zero-order valence-corrected chi connectivity index (χ0v) is 19.0. The quantitative estimate of drug-likeness (QED) is 0.323. The molecular weight excluding hydrogens is 455 g/mol. The van der Waals surface area contributed by atoms with Gasteiger partial charge in [-0.1, -0.05) is 47.5 Å². The Morgan fingerprint density at radius 3 is 1.73 bits per heavy atom. The molecule has 4 nitrogen and oxygen atoms in total. The average molecular weight is 473 g/mol. The first-order chi connectivity index (χ1) is 14.6. The second kappa shape index (κ2) is 11.2. The predicted molar refractivity (Wildman–Crippen MR) is 128 cm³/mol. The van der Waals surface area contributed by atoms with Gasteiger partial charge in [0, 0.05) is 38.4 Å². The van der Waals surface area contributed by atoms with Crippen molar-refractivity contribution in [2.24, 2.45) is 5.73 Å². The van der Waals surface area contributed by atoms with Gasteiger partial charge in [0.2, 0.25) is 0 Å². The topological polar surface area (TPSA) is 56.2 Å². The van der Waals surface area contributed by atoms with E-state index in [-0.39, 0.29) is 0 Å². The van der Waals surface area contributed by atoms with Crippen molar-refractivity contribution < 1.29 is 0 Å². The molecule has 0 spiro atoms. The number of benzene rings is 2. The van der Waals surface area contributed by atoms with Crippen LogP contribution in [0.1, 0.15) is 11.4 Å². The van der Waals surface area contributed by atoms with E-state index in [2.05, 4.69) is 20.2 Å². The number of hydrogen-bond donors (Lipinski definition) is 1. The normalized spacial score (nSPS) is 10.2. The van der Waals surface area contributed by atoms with Crippen molar-refractivity contribution in [3.8, 4) is 21.1 Å². The summed E-state index contributed by atoms with van der Waals surface area (Å²) in [6.07, 6.45) is 0.837. The van der Waals surface area contributed by atoms with E-state index in [4.69, 9.17) is 35.5 Å². The molecule has 0 radical (unpaired) electrons. The molecular formula is C22H18Cl2N4S2. The molecule has 152 valence electrons. The van der Waals surface area contributed by atoms with Crippen LogP contribution in [-0.4, -0.2) is 16.5 Å². The van der Waals surface area contributed by atoms with Crippen molar-refractivity contribution in [1.82, 2.24) is 9.97 Å². The zero-order chi connectivity index (χ0) is 21.3. The van der Waals surface area contributed by atoms with Crippen LogP contribution in [0.5, 0.6) is 0 Å². The molecule has 0 saturated heterocycles. The van der Waals surface area contributed by atoms with Gasteiger partial charge in [0.05, 0.1) is 5.69 Å². The minimum atomic E-state index is 0.351.